The summed E-state index contributed by atoms with van der Waals surface area (Å²) in [4.78, 5) is 14.2. The van der Waals surface area contributed by atoms with E-state index in [1.807, 2.05) is 19.1 Å². The first-order valence-corrected chi connectivity index (χ1v) is 7.30. The average Bonchev–Trinajstić information content (AvgIpc) is 2.40. The molecule has 1 aromatic carbocycles. The Kier molecular flexibility index (Phi) is 6.52. The molecular weight excluding hydrogens is 250 g/mol. The van der Waals surface area contributed by atoms with Crippen LogP contribution >= 0.6 is 0 Å². The van der Waals surface area contributed by atoms with E-state index >= 15 is 0 Å². The third-order valence-electron chi connectivity index (χ3n) is 3.69. The van der Waals surface area contributed by atoms with Crippen LogP contribution in [-0.2, 0) is 4.79 Å². The van der Waals surface area contributed by atoms with Crippen molar-refractivity contribution in [2.45, 2.75) is 46.1 Å². The molecule has 0 aromatic heterocycles. The zero-order valence-electron chi connectivity index (χ0n) is 13.1. The molecule has 1 atom stereocenters. The van der Waals surface area contributed by atoms with Crippen molar-refractivity contribution in [3.8, 4) is 0 Å². The van der Waals surface area contributed by atoms with Crippen molar-refractivity contribution in [1.29, 1.82) is 0 Å². The molecule has 0 fully saturated rings. The van der Waals surface area contributed by atoms with E-state index in [1.165, 1.54) is 6.42 Å². The molecule has 0 aliphatic carbocycles. The van der Waals surface area contributed by atoms with Crippen LogP contribution in [0.3, 0.4) is 0 Å². The van der Waals surface area contributed by atoms with Gasteiger partial charge < -0.3 is 16.0 Å². The zero-order valence-corrected chi connectivity index (χ0v) is 13.1. The molecule has 20 heavy (non-hydrogen) atoms. The number of hydrogen-bond donors (Lipinski definition) is 2. The standard InChI is InChI=1S/C16H27N3O/c1-5-6-13(3)19(4)10-9-16(20)18-15-11-14(17)8-7-12(15)2/h7-8,11,13H,5-6,9-10,17H2,1-4H3,(H,18,20). The van der Waals surface area contributed by atoms with E-state index in [4.69, 9.17) is 5.73 Å². The lowest BCUT2D eigenvalue weighted by molar-refractivity contribution is -0.116. The van der Waals surface area contributed by atoms with Gasteiger partial charge in [-0.25, -0.2) is 0 Å². The molecule has 1 amide bonds. The first-order valence-electron chi connectivity index (χ1n) is 7.30. The summed E-state index contributed by atoms with van der Waals surface area (Å²) >= 11 is 0. The van der Waals surface area contributed by atoms with Crippen molar-refractivity contribution < 1.29 is 4.79 Å². The van der Waals surface area contributed by atoms with E-state index in [1.54, 1.807) is 6.07 Å². The first-order chi connectivity index (χ1) is 9.43. The minimum atomic E-state index is 0.0363. The summed E-state index contributed by atoms with van der Waals surface area (Å²) < 4.78 is 0. The smallest absolute Gasteiger partial charge is 0.225 e. The van der Waals surface area contributed by atoms with E-state index in [-0.39, 0.29) is 5.91 Å². The van der Waals surface area contributed by atoms with E-state index < -0.39 is 0 Å². The lowest BCUT2D eigenvalue weighted by atomic mass is 10.1. The van der Waals surface area contributed by atoms with Gasteiger partial charge in [0.1, 0.15) is 0 Å². The van der Waals surface area contributed by atoms with Gasteiger partial charge in [0.05, 0.1) is 0 Å². The third-order valence-corrected chi connectivity index (χ3v) is 3.69. The zero-order chi connectivity index (χ0) is 15.1. The number of hydrogen-bond acceptors (Lipinski definition) is 3. The van der Waals surface area contributed by atoms with Crippen LogP contribution in [0.15, 0.2) is 18.2 Å². The Morgan fingerprint density at radius 3 is 2.80 bits per heavy atom. The van der Waals surface area contributed by atoms with Gasteiger partial charge in [-0.3, -0.25) is 4.79 Å². The summed E-state index contributed by atoms with van der Waals surface area (Å²) in [5.41, 5.74) is 8.24. The normalized spacial score (nSPS) is 12.4. The Bertz CT molecular complexity index is 445. The maximum absolute atomic E-state index is 12.0. The number of rotatable bonds is 7. The van der Waals surface area contributed by atoms with Crippen LogP contribution in [0.5, 0.6) is 0 Å². The van der Waals surface area contributed by atoms with Crippen LogP contribution in [-0.4, -0.2) is 30.4 Å². The summed E-state index contributed by atoms with van der Waals surface area (Å²) in [5, 5.41) is 2.93. The predicted molar refractivity (Wildman–Crippen MR) is 85.8 cm³/mol. The molecule has 1 aromatic rings. The highest BCUT2D eigenvalue weighted by Crippen LogP contribution is 2.18. The summed E-state index contributed by atoms with van der Waals surface area (Å²) in [5.74, 6) is 0.0363. The molecule has 0 saturated carbocycles. The SMILES string of the molecule is CCCC(C)N(C)CCC(=O)Nc1cc(N)ccc1C. The quantitative estimate of drug-likeness (QED) is 0.753. The van der Waals surface area contributed by atoms with Crippen LogP contribution < -0.4 is 11.1 Å². The van der Waals surface area contributed by atoms with Gasteiger partial charge in [0.25, 0.3) is 0 Å². The molecule has 0 aliphatic rings. The van der Waals surface area contributed by atoms with Crippen molar-refractivity contribution >= 4 is 17.3 Å². The molecule has 4 nitrogen and oxygen atoms in total. The third kappa shape index (κ3) is 5.21. The van der Waals surface area contributed by atoms with Gasteiger partial charge in [-0.15, -0.1) is 0 Å². The second-order valence-corrected chi connectivity index (χ2v) is 5.49. The number of nitrogens with zero attached hydrogens (tertiary/aromatic N) is 1. The van der Waals surface area contributed by atoms with Crippen molar-refractivity contribution in [1.82, 2.24) is 4.90 Å². The summed E-state index contributed by atoms with van der Waals surface area (Å²) in [6.07, 6.45) is 2.82. The minimum Gasteiger partial charge on any atom is -0.399 e. The van der Waals surface area contributed by atoms with Crippen molar-refractivity contribution in [3.05, 3.63) is 23.8 Å². The van der Waals surface area contributed by atoms with Gasteiger partial charge in [0.15, 0.2) is 0 Å². The predicted octanol–water partition coefficient (Wildman–Crippen LogP) is 3.03. The van der Waals surface area contributed by atoms with E-state index in [2.05, 4.69) is 31.1 Å². The molecular formula is C16H27N3O. The summed E-state index contributed by atoms with van der Waals surface area (Å²) in [6.45, 7) is 7.11. The fraction of sp³-hybridized carbons (Fsp3) is 0.562. The molecule has 4 heteroatoms. The lowest BCUT2D eigenvalue weighted by Gasteiger charge is -2.24. The van der Waals surface area contributed by atoms with E-state index in [0.29, 0.717) is 18.2 Å². The number of nitrogens with one attached hydrogen (secondary N) is 1. The number of nitrogen functional groups attached to an aromatic ring is 1. The maximum Gasteiger partial charge on any atom is 0.225 e. The molecule has 0 saturated heterocycles. The Morgan fingerprint density at radius 2 is 2.15 bits per heavy atom. The molecule has 0 bridgehead atoms. The summed E-state index contributed by atoms with van der Waals surface area (Å²) in [6, 6.07) is 6.07. The minimum absolute atomic E-state index is 0.0363. The maximum atomic E-state index is 12.0. The largest absolute Gasteiger partial charge is 0.399 e. The van der Waals surface area contributed by atoms with Crippen LogP contribution in [0, 0.1) is 6.92 Å². The van der Waals surface area contributed by atoms with E-state index in [0.717, 1.165) is 24.2 Å². The van der Waals surface area contributed by atoms with Crippen LogP contribution in [0.4, 0.5) is 11.4 Å². The number of carbonyl (C=O) groups excluding carboxylic acids is 1. The number of carbonyl (C=O) groups is 1. The molecule has 0 radical (unpaired) electrons. The number of nitrogens with two attached hydrogens (primary N) is 1. The Balaban J connectivity index is 2.46. The average molecular weight is 277 g/mol. The molecule has 0 heterocycles. The Morgan fingerprint density at radius 1 is 1.45 bits per heavy atom. The van der Waals surface area contributed by atoms with Crippen molar-refractivity contribution in [2.75, 3.05) is 24.6 Å². The molecule has 0 aliphatic heterocycles. The molecule has 112 valence electrons. The van der Waals surface area contributed by atoms with Crippen molar-refractivity contribution in [3.63, 3.8) is 0 Å². The van der Waals surface area contributed by atoms with Gasteiger partial charge in [-0.05, 0) is 45.0 Å². The van der Waals surface area contributed by atoms with Crippen LogP contribution in [0.1, 0.15) is 38.7 Å². The molecule has 0 spiro atoms. The topological polar surface area (TPSA) is 58.4 Å². The van der Waals surface area contributed by atoms with Gasteiger partial charge in [-0.1, -0.05) is 19.4 Å². The second-order valence-electron chi connectivity index (χ2n) is 5.49. The number of anilines is 2. The number of amides is 1. The highest BCUT2D eigenvalue weighted by Gasteiger charge is 2.11. The van der Waals surface area contributed by atoms with Gasteiger partial charge in [0, 0.05) is 30.4 Å². The van der Waals surface area contributed by atoms with Gasteiger partial charge in [0.2, 0.25) is 5.91 Å². The van der Waals surface area contributed by atoms with Gasteiger partial charge >= 0.3 is 0 Å². The number of aryl methyl sites for hydroxylation is 1. The summed E-state index contributed by atoms with van der Waals surface area (Å²) in [7, 11) is 2.07. The monoisotopic (exact) mass is 277 g/mol. The van der Waals surface area contributed by atoms with Crippen molar-refractivity contribution in [2.24, 2.45) is 0 Å². The second kappa shape index (κ2) is 7.90. The Labute approximate surface area is 122 Å². The van der Waals surface area contributed by atoms with Crippen LogP contribution in [0.2, 0.25) is 0 Å². The highest BCUT2D eigenvalue weighted by molar-refractivity contribution is 5.92. The first kappa shape index (κ1) is 16.5. The molecule has 3 N–H and O–H groups in total. The fourth-order valence-corrected chi connectivity index (χ4v) is 2.12. The molecule has 1 rings (SSSR count). The van der Waals surface area contributed by atoms with E-state index in [9.17, 15) is 4.79 Å². The fourth-order valence-electron chi connectivity index (χ4n) is 2.12. The van der Waals surface area contributed by atoms with Crippen LogP contribution in [0.25, 0.3) is 0 Å². The van der Waals surface area contributed by atoms with Gasteiger partial charge in [-0.2, -0.15) is 0 Å². The Hall–Kier alpha value is -1.55. The number of benzene rings is 1. The lowest BCUT2D eigenvalue weighted by Crippen LogP contribution is -2.32. The molecule has 1 unspecified atom stereocenters. The highest BCUT2D eigenvalue weighted by atomic mass is 16.1.